The topological polar surface area (TPSA) is 117 Å². The molecule has 2 aliphatic rings. The molecule has 0 radical (unpaired) electrons. The summed E-state index contributed by atoms with van der Waals surface area (Å²) >= 11 is 0. The third kappa shape index (κ3) is 1.87. The third-order valence-corrected chi connectivity index (χ3v) is 3.26. The van der Waals surface area contributed by atoms with E-state index in [0.29, 0.717) is 0 Å². The van der Waals surface area contributed by atoms with Gasteiger partial charge in [0, 0.05) is 7.05 Å². The molecule has 0 bridgehead atoms. The van der Waals surface area contributed by atoms with Gasteiger partial charge in [0.15, 0.2) is 0 Å². The molecule has 8 nitrogen and oxygen atoms in total. The summed E-state index contributed by atoms with van der Waals surface area (Å²) < 4.78 is 10.0. The summed E-state index contributed by atoms with van der Waals surface area (Å²) in [5.41, 5.74) is 0. The summed E-state index contributed by atoms with van der Waals surface area (Å²) in [7, 11) is 1.24. The van der Waals surface area contributed by atoms with Crippen LogP contribution in [0.25, 0.3) is 0 Å². The molecule has 102 valence electrons. The number of nitrogens with zero attached hydrogens (tertiary/aromatic N) is 1. The van der Waals surface area contributed by atoms with Gasteiger partial charge in [0.25, 0.3) is 5.91 Å². The van der Waals surface area contributed by atoms with Crippen LogP contribution in [-0.4, -0.2) is 75.9 Å². The van der Waals surface area contributed by atoms with Crippen LogP contribution in [0.5, 0.6) is 0 Å². The molecule has 18 heavy (non-hydrogen) atoms. The zero-order chi connectivity index (χ0) is 13.6. The number of cyclic esters (lactones) is 1. The van der Waals surface area contributed by atoms with Gasteiger partial charge in [-0.05, 0) is 6.92 Å². The Hall–Kier alpha value is -1.22. The number of imide groups is 1. The van der Waals surface area contributed by atoms with E-state index in [-0.39, 0.29) is 0 Å². The van der Waals surface area contributed by atoms with Crippen LogP contribution in [-0.2, 0) is 14.3 Å². The molecular formula is C10H15NO7. The predicted molar refractivity (Wildman–Crippen MR) is 55.4 cm³/mol. The fourth-order valence-electron chi connectivity index (χ4n) is 2.06. The molecule has 2 unspecified atom stereocenters. The molecule has 0 aromatic carbocycles. The first-order valence-electron chi connectivity index (χ1n) is 5.52. The molecule has 2 fully saturated rings. The van der Waals surface area contributed by atoms with Crippen LogP contribution in [0.4, 0.5) is 4.79 Å². The van der Waals surface area contributed by atoms with Gasteiger partial charge in [-0.3, -0.25) is 4.79 Å². The molecule has 0 aliphatic carbocycles. The fraction of sp³-hybridized carbons (Fsp3) is 0.800. The summed E-state index contributed by atoms with van der Waals surface area (Å²) in [6.45, 7) is 1.48. The lowest BCUT2D eigenvalue weighted by atomic mass is 9.92. The van der Waals surface area contributed by atoms with E-state index in [2.05, 4.69) is 0 Å². The second-order valence-electron chi connectivity index (χ2n) is 4.48. The molecule has 6 atom stereocenters. The highest BCUT2D eigenvalue weighted by atomic mass is 16.6. The van der Waals surface area contributed by atoms with Gasteiger partial charge >= 0.3 is 6.09 Å². The summed E-state index contributed by atoms with van der Waals surface area (Å²) in [4.78, 5) is 23.7. The Morgan fingerprint density at radius 2 is 1.72 bits per heavy atom. The standard InChI is InChI=1S/C10H15NO7/c1-3-4(12)5(13)6(14)7(17-3)8-9(15)11(2)10(16)18-8/h3-8,12-14H,1-2H3/t3-,4-,5+,6+,7?,8?/m0/s1. The number of carbonyl (C=O) groups excluding carboxylic acids is 2. The second kappa shape index (κ2) is 4.47. The molecule has 2 aliphatic heterocycles. The Kier molecular flexibility index (Phi) is 3.28. The molecule has 2 rings (SSSR count). The molecule has 2 saturated heterocycles. The van der Waals surface area contributed by atoms with Crippen LogP contribution >= 0.6 is 0 Å². The molecule has 3 N–H and O–H groups in total. The first kappa shape index (κ1) is 13.2. The monoisotopic (exact) mass is 261 g/mol. The zero-order valence-corrected chi connectivity index (χ0v) is 9.89. The molecule has 0 aromatic heterocycles. The number of ether oxygens (including phenoxy) is 2. The predicted octanol–water partition coefficient (Wildman–Crippen LogP) is -2.17. The van der Waals surface area contributed by atoms with E-state index in [1.54, 1.807) is 0 Å². The van der Waals surface area contributed by atoms with Crippen LogP contribution in [0.15, 0.2) is 0 Å². The zero-order valence-electron chi connectivity index (χ0n) is 9.89. The van der Waals surface area contributed by atoms with Crippen molar-refractivity contribution in [2.45, 2.75) is 43.5 Å². The maximum atomic E-state index is 11.7. The number of likely N-dealkylation sites (N-methyl/N-ethyl adjacent to an activating group) is 1. The van der Waals surface area contributed by atoms with E-state index >= 15 is 0 Å². The van der Waals surface area contributed by atoms with E-state index < -0.39 is 48.6 Å². The lowest BCUT2D eigenvalue weighted by Gasteiger charge is -2.40. The number of aliphatic hydroxyl groups excluding tert-OH is 3. The average Bonchev–Trinajstić information content (AvgIpc) is 2.59. The van der Waals surface area contributed by atoms with Crippen molar-refractivity contribution >= 4 is 12.0 Å². The van der Waals surface area contributed by atoms with Crippen molar-refractivity contribution in [3.63, 3.8) is 0 Å². The van der Waals surface area contributed by atoms with Crippen molar-refractivity contribution in [3.05, 3.63) is 0 Å². The summed E-state index contributed by atoms with van der Waals surface area (Å²) in [5.74, 6) is -0.653. The lowest BCUT2D eigenvalue weighted by Crippen LogP contribution is -2.61. The fourth-order valence-corrected chi connectivity index (χ4v) is 2.06. The summed E-state index contributed by atoms with van der Waals surface area (Å²) in [5, 5.41) is 28.9. The Balaban J connectivity index is 2.18. The van der Waals surface area contributed by atoms with Crippen molar-refractivity contribution in [3.8, 4) is 0 Å². The molecule has 2 heterocycles. The van der Waals surface area contributed by atoms with Crippen molar-refractivity contribution < 1.29 is 34.4 Å². The Labute approximate surface area is 103 Å². The normalized spacial score (nSPS) is 45.3. The Morgan fingerprint density at radius 3 is 2.22 bits per heavy atom. The van der Waals surface area contributed by atoms with Gasteiger partial charge in [-0.2, -0.15) is 0 Å². The third-order valence-electron chi connectivity index (χ3n) is 3.26. The van der Waals surface area contributed by atoms with Crippen LogP contribution < -0.4 is 0 Å². The van der Waals surface area contributed by atoms with Gasteiger partial charge in [0.05, 0.1) is 6.10 Å². The Bertz CT molecular complexity index is 373. The van der Waals surface area contributed by atoms with Crippen molar-refractivity contribution in [1.82, 2.24) is 4.90 Å². The number of hydrogen-bond donors (Lipinski definition) is 3. The van der Waals surface area contributed by atoms with Crippen LogP contribution in [0.3, 0.4) is 0 Å². The number of hydrogen-bond acceptors (Lipinski definition) is 7. The number of rotatable bonds is 1. The number of amides is 2. The van der Waals surface area contributed by atoms with Crippen molar-refractivity contribution in [2.24, 2.45) is 0 Å². The number of aliphatic hydroxyl groups is 3. The van der Waals surface area contributed by atoms with E-state index in [0.717, 1.165) is 4.90 Å². The maximum Gasteiger partial charge on any atom is 0.417 e. The van der Waals surface area contributed by atoms with Gasteiger partial charge in [-0.1, -0.05) is 0 Å². The first-order valence-corrected chi connectivity index (χ1v) is 5.52. The van der Waals surface area contributed by atoms with Gasteiger partial charge in [0.2, 0.25) is 6.10 Å². The smallest absolute Gasteiger partial charge is 0.417 e. The second-order valence-corrected chi connectivity index (χ2v) is 4.48. The van der Waals surface area contributed by atoms with Gasteiger partial charge in [0.1, 0.15) is 24.4 Å². The van der Waals surface area contributed by atoms with E-state index in [4.69, 9.17) is 9.47 Å². The minimum Gasteiger partial charge on any atom is -0.433 e. The SMILES string of the molecule is C[C@@H]1OC(C2OC(=O)N(C)C2=O)[C@H](O)[C@H](O)[C@H]1O. The van der Waals surface area contributed by atoms with Crippen molar-refractivity contribution in [2.75, 3.05) is 7.05 Å². The summed E-state index contributed by atoms with van der Waals surface area (Å²) in [6.07, 6.45) is -8.36. The van der Waals surface area contributed by atoms with Crippen LogP contribution in [0.2, 0.25) is 0 Å². The largest absolute Gasteiger partial charge is 0.433 e. The van der Waals surface area contributed by atoms with Gasteiger partial charge in [-0.25, -0.2) is 9.69 Å². The molecule has 0 spiro atoms. The van der Waals surface area contributed by atoms with Gasteiger partial charge < -0.3 is 24.8 Å². The molecule has 8 heteroatoms. The highest BCUT2D eigenvalue weighted by Crippen LogP contribution is 2.27. The summed E-state index contributed by atoms with van der Waals surface area (Å²) in [6, 6.07) is 0. The van der Waals surface area contributed by atoms with Gasteiger partial charge in [-0.15, -0.1) is 0 Å². The van der Waals surface area contributed by atoms with Crippen LogP contribution in [0, 0.1) is 0 Å². The molecule has 2 amide bonds. The highest BCUT2D eigenvalue weighted by molar-refractivity contribution is 6.00. The Morgan fingerprint density at radius 1 is 1.11 bits per heavy atom. The molecule has 0 aromatic rings. The van der Waals surface area contributed by atoms with E-state index in [1.165, 1.54) is 14.0 Å². The average molecular weight is 261 g/mol. The quantitative estimate of drug-likeness (QED) is 0.492. The lowest BCUT2D eigenvalue weighted by molar-refractivity contribution is -0.233. The van der Waals surface area contributed by atoms with E-state index in [9.17, 15) is 24.9 Å². The van der Waals surface area contributed by atoms with Crippen LogP contribution in [0.1, 0.15) is 6.92 Å². The minimum absolute atomic E-state index is 0.653. The van der Waals surface area contributed by atoms with E-state index in [1.807, 2.05) is 0 Å². The maximum absolute atomic E-state index is 11.7. The highest BCUT2D eigenvalue weighted by Gasteiger charge is 2.52. The number of carbonyl (C=O) groups is 2. The minimum atomic E-state index is -1.51. The van der Waals surface area contributed by atoms with Crippen molar-refractivity contribution in [1.29, 1.82) is 0 Å². The molecule has 0 saturated carbocycles. The first-order chi connectivity index (χ1) is 8.34. The molecular weight excluding hydrogens is 246 g/mol.